The number of hydrogen-bond acceptors (Lipinski definition) is 5. The largest absolute Gasteiger partial charge is 0.711 e. The molecule has 1 atom stereocenters. The summed E-state index contributed by atoms with van der Waals surface area (Å²) in [7, 11) is 2.66. The van der Waals surface area contributed by atoms with Crippen molar-refractivity contribution in [2.45, 2.75) is 12.5 Å². The van der Waals surface area contributed by atoms with Crippen molar-refractivity contribution in [1.82, 2.24) is 0 Å². The number of benzene rings is 1. The van der Waals surface area contributed by atoms with Crippen LogP contribution in [-0.2, 0) is 14.3 Å². The molecule has 0 aromatic heterocycles. The van der Waals surface area contributed by atoms with Gasteiger partial charge < -0.3 is 25.0 Å². The van der Waals surface area contributed by atoms with E-state index in [-0.39, 0.29) is 6.54 Å². The number of amides is 1. The van der Waals surface area contributed by atoms with Gasteiger partial charge >= 0.3 is 5.97 Å². The first-order valence-electron chi connectivity index (χ1n) is 6.57. The van der Waals surface area contributed by atoms with Crippen LogP contribution in [0.25, 0.3) is 5.53 Å². The Balaban J connectivity index is 3.09. The molecule has 1 rings (SSSR count). The fourth-order valence-corrected chi connectivity index (χ4v) is 1.81. The Morgan fingerprint density at radius 2 is 2.00 bits per heavy atom. The average Bonchev–Trinajstić information content (AvgIpc) is 2.56. The number of esters is 1. The monoisotopic (exact) mass is 304 g/mol. The Bertz CT molecular complexity index is 542. The maximum Gasteiger partial charge on any atom is 0.338 e. The molecule has 7 heteroatoms. The molecule has 1 unspecified atom stereocenters. The molecule has 0 spiro atoms. The average molecular weight is 304 g/mol. The van der Waals surface area contributed by atoms with Gasteiger partial charge in [-0.05, 0) is 30.7 Å². The molecule has 1 aromatic carbocycles. The van der Waals surface area contributed by atoms with Crippen LogP contribution in [-0.4, -0.2) is 38.7 Å². The Morgan fingerprint density at radius 3 is 2.45 bits per heavy atom. The first-order valence-corrected chi connectivity index (χ1v) is 6.57. The topological polar surface area (TPSA) is 90.5 Å². The number of rotatable bonds is 8. The minimum Gasteiger partial charge on any atom is -0.711 e. The quantitative estimate of drug-likeness (QED) is 0.318. The van der Waals surface area contributed by atoms with Gasteiger partial charge in [0.2, 0.25) is 6.04 Å². The number of nitrogens with zero attached hydrogens (tertiary/aromatic N) is 3. The highest BCUT2D eigenvalue weighted by molar-refractivity contribution is 6.09. The molecule has 7 nitrogen and oxygen atoms in total. The summed E-state index contributed by atoms with van der Waals surface area (Å²) in [5.41, 5.74) is 9.48. The van der Waals surface area contributed by atoms with E-state index in [0.717, 1.165) is 7.11 Å². The van der Waals surface area contributed by atoms with E-state index >= 15 is 0 Å². The standard InChI is InChI=1S/C15H18N3O4/c1-4-5-10-18(11-6-8-12(21-2)9-7-11)14(19)13(17-16)15(20)22-3/h4,6-9,13H,1,5,10H2,2-3H3/q-1. The minimum atomic E-state index is -1.61. The molecule has 0 aliphatic heterocycles. The summed E-state index contributed by atoms with van der Waals surface area (Å²) < 4.78 is 9.53. The SMILES string of the molecule is C=CCCN(C(=O)C(N=[N-])C(=O)OC)c1ccc(OC)cc1. The van der Waals surface area contributed by atoms with Crippen LogP contribution >= 0.6 is 0 Å². The van der Waals surface area contributed by atoms with Crippen LogP contribution < -0.4 is 9.64 Å². The van der Waals surface area contributed by atoms with Gasteiger partial charge in [-0.15, -0.1) is 6.58 Å². The van der Waals surface area contributed by atoms with Crippen molar-refractivity contribution < 1.29 is 19.1 Å². The van der Waals surface area contributed by atoms with Crippen LogP contribution in [0.3, 0.4) is 0 Å². The van der Waals surface area contributed by atoms with Crippen LogP contribution in [0, 0.1) is 0 Å². The van der Waals surface area contributed by atoms with Crippen LogP contribution in [0.5, 0.6) is 5.75 Å². The summed E-state index contributed by atoms with van der Waals surface area (Å²) in [4.78, 5) is 25.3. The zero-order chi connectivity index (χ0) is 16.5. The van der Waals surface area contributed by atoms with Gasteiger partial charge in [0.25, 0.3) is 5.91 Å². The normalized spacial score (nSPS) is 11.2. The first kappa shape index (κ1) is 17.4. The number of carbonyl (C=O) groups is 2. The maximum absolute atomic E-state index is 12.4. The third-order valence-electron chi connectivity index (χ3n) is 2.98. The molecule has 22 heavy (non-hydrogen) atoms. The Kier molecular flexibility index (Phi) is 6.75. The van der Waals surface area contributed by atoms with Gasteiger partial charge in [0, 0.05) is 12.2 Å². The molecule has 0 heterocycles. The third-order valence-corrected chi connectivity index (χ3v) is 2.98. The number of ether oxygens (including phenoxy) is 2. The van der Waals surface area contributed by atoms with Crippen molar-refractivity contribution in [1.29, 1.82) is 0 Å². The predicted molar refractivity (Wildman–Crippen MR) is 81.8 cm³/mol. The maximum atomic E-state index is 12.4. The highest BCUT2D eigenvalue weighted by Crippen LogP contribution is 2.21. The lowest BCUT2D eigenvalue weighted by atomic mass is 10.2. The second-order valence-corrected chi connectivity index (χ2v) is 4.31. The third kappa shape index (κ3) is 4.15. The zero-order valence-corrected chi connectivity index (χ0v) is 12.6. The molecule has 0 saturated heterocycles. The molecule has 0 aliphatic carbocycles. The lowest BCUT2D eigenvalue weighted by molar-refractivity contribution is -0.145. The summed E-state index contributed by atoms with van der Waals surface area (Å²) in [6.45, 7) is 3.90. The summed E-state index contributed by atoms with van der Waals surface area (Å²) in [6.07, 6.45) is 2.16. The summed E-state index contributed by atoms with van der Waals surface area (Å²) in [6, 6.07) is 5.10. The van der Waals surface area contributed by atoms with Crippen molar-refractivity contribution in [2.24, 2.45) is 5.11 Å². The van der Waals surface area contributed by atoms with E-state index in [1.54, 1.807) is 30.3 Å². The fourth-order valence-electron chi connectivity index (χ4n) is 1.81. The van der Waals surface area contributed by atoms with Gasteiger partial charge in [0.05, 0.1) is 14.2 Å². The lowest BCUT2D eigenvalue weighted by Gasteiger charge is -2.25. The van der Waals surface area contributed by atoms with E-state index in [2.05, 4.69) is 16.4 Å². The minimum absolute atomic E-state index is 0.289. The van der Waals surface area contributed by atoms with E-state index in [4.69, 9.17) is 10.3 Å². The van der Waals surface area contributed by atoms with Crippen LogP contribution in [0.2, 0.25) is 0 Å². The molecule has 0 aliphatic rings. The van der Waals surface area contributed by atoms with E-state index in [1.807, 2.05) is 0 Å². The van der Waals surface area contributed by atoms with Crippen molar-refractivity contribution in [2.75, 3.05) is 25.7 Å². The molecule has 0 bridgehead atoms. The van der Waals surface area contributed by atoms with Crippen LogP contribution in [0.4, 0.5) is 5.69 Å². The molecule has 118 valence electrons. The summed E-state index contributed by atoms with van der Waals surface area (Å²) in [5, 5.41) is 2.83. The molecule has 0 fully saturated rings. The molecule has 0 radical (unpaired) electrons. The number of carbonyl (C=O) groups excluding carboxylic acids is 2. The smallest absolute Gasteiger partial charge is 0.338 e. The molecule has 1 amide bonds. The first-order chi connectivity index (χ1) is 10.6. The number of hydrogen-bond donors (Lipinski definition) is 0. The molecule has 0 saturated carbocycles. The van der Waals surface area contributed by atoms with Gasteiger partial charge in [-0.3, -0.25) is 4.79 Å². The van der Waals surface area contributed by atoms with Gasteiger partial charge in [-0.1, -0.05) is 6.08 Å². The Hall–Kier alpha value is -2.70. The molecule has 0 N–H and O–H groups in total. The van der Waals surface area contributed by atoms with E-state index in [1.165, 1.54) is 12.0 Å². The predicted octanol–water partition coefficient (Wildman–Crippen LogP) is 2.17. The highest BCUT2D eigenvalue weighted by Gasteiger charge is 2.29. The van der Waals surface area contributed by atoms with Crippen LogP contribution in [0.1, 0.15) is 6.42 Å². The Labute approximate surface area is 129 Å². The van der Waals surface area contributed by atoms with Crippen molar-refractivity contribution in [3.8, 4) is 5.75 Å². The number of anilines is 1. The van der Waals surface area contributed by atoms with E-state index in [9.17, 15) is 9.59 Å². The van der Waals surface area contributed by atoms with Crippen molar-refractivity contribution in [3.05, 3.63) is 42.5 Å². The van der Waals surface area contributed by atoms with Crippen molar-refractivity contribution >= 4 is 17.6 Å². The molecular weight excluding hydrogens is 286 g/mol. The van der Waals surface area contributed by atoms with E-state index < -0.39 is 17.9 Å². The Morgan fingerprint density at radius 1 is 1.36 bits per heavy atom. The van der Waals surface area contributed by atoms with Gasteiger partial charge in [-0.25, -0.2) is 4.79 Å². The van der Waals surface area contributed by atoms with Gasteiger partial charge in [0.1, 0.15) is 5.75 Å². The highest BCUT2D eigenvalue weighted by atomic mass is 16.5. The van der Waals surface area contributed by atoms with Gasteiger partial charge in [0.15, 0.2) is 0 Å². The second-order valence-electron chi connectivity index (χ2n) is 4.31. The fraction of sp³-hybridized carbons (Fsp3) is 0.333. The van der Waals surface area contributed by atoms with Crippen molar-refractivity contribution in [3.63, 3.8) is 0 Å². The van der Waals surface area contributed by atoms with Crippen LogP contribution in [0.15, 0.2) is 42.0 Å². The second kappa shape index (κ2) is 8.56. The van der Waals surface area contributed by atoms with Gasteiger partial charge in [-0.2, -0.15) is 0 Å². The lowest BCUT2D eigenvalue weighted by Crippen LogP contribution is -2.43. The molecular formula is C15H18N3O4-. The van der Waals surface area contributed by atoms with E-state index in [0.29, 0.717) is 17.9 Å². The summed E-state index contributed by atoms with van der Waals surface area (Å²) >= 11 is 0. The summed E-state index contributed by atoms with van der Waals surface area (Å²) in [5.74, 6) is -0.970. The molecule has 1 aromatic rings. The zero-order valence-electron chi connectivity index (χ0n) is 12.6. The number of methoxy groups -OCH3 is 2.